The molecule has 9 heteroatoms. The summed E-state index contributed by atoms with van der Waals surface area (Å²) in [7, 11) is -4.17. The van der Waals surface area contributed by atoms with Gasteiger partial charge in [0.1, 0.15) is 12.6 Å². The molecule has 4 rings (SSSR count). The van der Waals surface area contributed by atoms with E-state index in [1.807, 2.05) is 70.2 Å². The number of hydrogen-bond donors (Lipinski definition) is 1. The van der Waals surface area contributed by atoms with Gasteiger partial charge < -0.3 is 10.2 Å². The van der Waals surface area contributed by atoms with E-state index < -0.39 is 28.5 Å². The number of aryl methyl sites for hydroxylation is 3. The Balaban J connectivity index is 1.82. The normalized spacial score (nSPS) is 11.9. The van der Waals surface area contributed by atoms with Crippen molar-refractivity contribution in [3.63, 3.8) is 0 Å². The second-order valence-corrected chi connectivity index (χ2v) is 13.6. The van der Waals surface area contributed by atoms with Crippen LogP contribution >= 0.6 is 11.6 Å². The number of carbonyl (C=O) groups excluding carboxylic acids is 2. The average molecular weight is 646 g/mol. The summed E-state index contributed by atoms with van der Waals surface area (Å²) in [6.45, 7) is 7.60. The van der Waals surface area contributed by atoms with Gasteiger partial charge in [-0.3, -0.25) is 13.9 Å². The van der Waals surface area contributed by atoms with Crippen LogP contribution in [0.5, 0.6) is 0 Å². The van der Waals surface area contributed by atoms with Gasteiger partial charge in [-0.2, -0.15) is 0 Å². The van der Waals surface area contributed by atoms with Crippen LogP contribution in [-0.4, -0.2) is 44.3 Å². The summed E-state index contributed by atoms with van der Waals surface area (Å²) in [5.74, 6) is -0.826. The molecule has 4 aromatic carbocycles. The molecule has 0 fully saturated rings. The van der Waals surface area contributed by atoms with Crippen molar-refractivity contribution in [3.8, 4) is 0 Å². The molecule has 1 atom stereocenters. The lowest BCUT2D eigenvalue weighted by atomic mass is 10.0. The summed E-state index contributed by atoms with van der Waals surface area (Å²) in [6.07, 6.45) is 0.971. The van der Waals surface area contributed by atoms with Crippen molar-refractivity contribution < 1.29 is 18.0 Å². The van der Waals surface area contributed by atoms with E-state index in [0.29, 0.717) is 17.3 Å². The third kappa shape index (κ3) is 8.96. The van der Waals surface area contributed by atoms with E-state index in [1.165, 1.54) is 4.90 Å². The molecule has 2 amide bonds. The predicted molar refractivity (Wildman–Crippen MR) is 181 cm³/mol. The quantitative estimate of drug-likeness (QED) is 0.177. The molecule has 0 heterocycles. The molecule has 1 N–H and O–H groups in total. The van der Waals surface area contributed by atoms with Crippen LogP contribution < -0.4 is 9.62 Å². The van der Waals surface area contributed by atoms with E-state index in [4.69, 9.17) is 11.6 Å². The number of amides is 2. The second kappa shape index (κ2) is 15.2. The van der Waals surface area contributed by atoms with Gasteiger partial charge >= 0.3 is 0 Å². The summed E-state index contributed by atoms with van der Waals surface area (Å²) in [6, 6.07) is 27.7. The standard InChI is InChI=1S/C36H40ClN3O4S/c1-5-18-38-36(42)34(23-29-10-7-6-8-11-29)39(24-30-12-9-13-31(37)22-30)35(41)25-40(32-20-27(3)19-28(4)21-32)45(43,44)33-16-14-26(2)15-17-33/h6-17,19-22,34H,5,18,23-25H2,1-4H3,(H,38,42). The van der Waals surface area contributed by atoms with Crippen molar-refractivity contribution in [3.05, 3.63) is 130 Å². The lowest BCUT2D eigenvalue weighted by Gasteiger charge is -2.34. The Bertz CT molecular complexity index is 1710. The van der Waals surface area contributed by atoms with Crippen LogP contribution in [0.25, 0.3) is 0 Å². The lowest BCUT2D eigenvalue weighted by molar-refractivity contribution is -0.140. The Morgan fingerprint density at radius 1 is 0.800 bits per heavy atom. The highest BCUT2D eigenvalue weighted by Gasteiger charge is 2.34. The molecule has 0 spiro atoms. The average Bonchev–Trinajstić information content (AvgIpc) is 3.00. The highest BCUT2D eigenvalue weighted by Crippen LogP contribution is 2.27. The number of carbonyl (C=O) groups is 2. The Hall–Kier alpha value is -4.14. The molecule has 0 bridgehead atoms. The topological polar surface area (TPSA) is 86.8 Å². The van der Waals surface area contributed by atoms with Crippen molar-refractivity contribution in [2.24, 2.45) is 0 Å². The number of anilines is 1. The summed E-state index contributed by atoms with van der Waals surface area (Å²) < 4.78 is 29.6. The summed E-state index contributed by atoms with van der Waals surface area (Å²) in [5.41, 5.74) is 4.60. The Labute approximate surface area is 271 Å². The maximum absolute atomic E-state index is 14.5. The first-order chi connectivity index (χ1) is 21.5. The minimum absolute atomic E-state index is 0.0572. The van der Waals surface area contributed by atoms with E-state index >= 15 is 0 Å². The minimum Gasteiger partial charge on any atom is -0.354 e. The van der Waals surface area contributed by atoms with E-state index in [1.54, 1.807) is 54.6 Å². The van der Waals surface area contributed by atoms with Crippen molar-refractivity contribution >= 4 is 39.1 Å². The lowest BCUT2D eigenvalue weighted by Crippen LogP contribution is -2.53. The van der Waals surface area contributed by atoms with Crippen LogP contribution in [0.2, 0.25) is 5.02 Å². The Morgan fingerprint density at radius 2 is 1.44 bits per heavy atom. The largest absolute Gasteiger partial charge is 0.354 e. The first kappa shape index (κ1) is 33.7. The van der Waals surface area contributed by atoms with Crippen LogP contribution in [0, 0.1) is 20.8 Å². The molecule has 0 aromatic heterocycles. The molecular weight excluding hydrogens is 606 g/mol. The number of nitrogens with zero attached hydrogens (tertiary/aromatic N) is 2. The number of benzene rings is 4. The molecular formula is C36H40ClN3O4S. The SMILES string of the molecule is CCCNC(=O)C(Cc1ccccc1)N(Cc1cccc(Cl)c1)C(=O)CN(c1cc(C)cc(C)c1)S(=O)(=O)c1ccc(C)cc1. The first-order valence-corrected chi connectivity index (χ1v) is 16.8. The highest BCUT2D eigenvalue weighted by atomic mass is 35.5. The van der Waals surface area contributed by atoms with Crippen molar-refractivity contribution in [2.75, 3.05) is 17.4 Å². The van der Waals surface area contributed by atoms with Gasteiger partial charge in [0.25, 0.3) is 10.0 Å². The fourth-order valence-electron chi connectivity index (χ4n) is 5.21. The summed E-state index contributed by atoms with van der Waals surface area (Å²) >= 11 is 6.31. The van der Waals surface area contributed by atoms with Gasteiger partial charge in [-0.05, 0) is 85.8 Å². The summed E-state index contributed by atoms with van der Waals surface area (Å²) in [5, 5.41) is 3.45. The molecule has 0 aliphatic rings. The van der Waals surface area contributed by atoms with Gasteiger partial charge in [-0.25, -0.2) is 8.42 Å². The molecule has 236 valence electrons. The summed E-state index contributed by atoms with van der Waals surface area (Å²) in [4.78, 5) is 29.8. The maximum atomic E-state index is 14.5. The van der Waals surface area contributed by atoms with Crippen LogP contribution in [0.4, 0.5) is 5.69 Å². The molecule has 0 saturated carbocycles. The van der Waals surface area contributed by atoms with E-state index in [0.717, 1.165) is 38.5 Å². The molecule has 0 radical (unpaired) electrons. The predicted octanol–water partition coefficient (Wildman–Crippen LogP) is 6.63. The van der Waals surface area contributed by atoms with E-state index in [-0.39, 0.29) is 23.8 Å². The molecule has 7 nitrogen and oxygen atoms in total. The fraction of sp³-hybridized carbons (Fsp3) is 0.278. The van der Waals surface area contributed by atoms with Gasteiger partial charge in [-0.1, -0.05) is 84.8 Å². The zero-order valence-corrected chi connectivity index (χ0v) is 27.7. The molecule has 45 heavy (non-hydrogen) atoms. The van der Waals surface area contributed by atoms with Crippen LogP contribution in [0.3, 0.4) is 0 Å². The van der Waals surface area contributed by atoms with E-state index in [2.05, 4.69) is 5.32 Å². The van der Waals surface area contributed by atoms with Gasteiger partial charge in [0.2, 0.25) is 11.8 Å². The first-order valence-electron chi connectivity index (χ1n) is 15.0. The molecule has 0 aliphatic heterocycles. The number of rotatable bonds is 13. The maximum Gasteiger partial charge on any atom is 0.264 e. The van der Waals surface area contributed by atoms with Gasteiger partial charge in [0.15, 0.2) is 0 Å². The van der Waals surface area contributed by atoms with Gasteiger partial charge in [-0.15, -0.1) is 0 Å². The van der Waals surface area contributed by atoms with E-state index in [9.17, 15) is 18.0 Å². The number of halogens is 1. The highest BCUT2D eigenvalue weighted by molar-refractivity contribution is 7.92. The molecule has 0 aliphatic carbocycles. The number of nitrogens with one attached hydrogen (secondary N) is 1. The molecule has 1 unspecified atom stereocenters. The zero-order valence-electron chi connectivity index (χ0n) is 26.2. The van der Waals surface area contributed by atoms with Crippen LogP contribution in [0.15, 0.2) is 102 Å². The zero-order chi connectivity index (χ0) is 32.6. The number of sulfonamides is 1. The monoisotopic (exact) mass is 645 g/mol. The minimum atomic E-state index is -4.17. The third-order valence-corrected chi connectivity index (χ3v) is 9.47. The van der Waals surface area contributed by atoms with Gasteiger partial charge in [0.05, 0.1) is 10.6 Å². The molecule has 4 aromatic rings. The fourth-order valence-corrected chi connectivity index (χ4v) is 6.82. The van der Waals surface area contributed by atoms with Crippen molar-refractivity contribution in [2.45, 2.75) is 58.0 Å². The number of hydrogen-bond acceptors (Lipinski definition) is 4. The van der Waals surface area contributed by atoms with Crippen molar-refractivity contribution in [1.82, 2.24) is 10.2 Å². The molecule has 0 saturated heterocycles. The smallest absolute Gasteiger partial charge is 0.264 e. The Kier molecular flexibility index (Phi) is 11.4. The van der Waals surface area contributed by atoms with Crippen molar-refractivity contribution in [1.29, 1.82) is 0 Å². The Morgan fingerprint density at radius 3 is 2.07 bits per heavy atom. The third-order valence-electron chi connectivity index (χ3n) is 7.44. The van der Waals surface area contributed by atoms with Crippen LogP contribution in [0.1, 0.15) is 41.2 Å². The van der Waals surface area contributed by atoms with Crippen LogP contribution in [-0.2, 0) is 32.6 Å². The van der Waals surface area contributed by atoms with Gasteiger partial charge in [0, 0.05) is 24.5 Å². The second-order valence-electron chi connectivity index (χ2n) is 11.3.